The summed E-state index contributed by atoms with van der Waals surface area (Å²) in [5.41, 5.74) is -1.38. The highest BCUT2D eigenvalue weighted by Gasteiger charge is 2.40. The number of rotatable bonds is 4. The maximum absolute atomic E-state index is 14.1. The Kier molecular flexibility index (Phi) is 6.15. The maximum Gasteiger partial charge on any atom is 0.450 e. The van der Waals surface area contributed by atoms with Crippen LogP contribution >= 0.6 is 0 Å². The van der Waals surface area contributed by atoms with Gasteiger partial charge in [-0.15, -0.1) is 0 Å². The van der Waals surface area contributed by atoms with Crippen LogP contribution in [0.1, 0.15) is 37.0 Å². The Balaban J connectivity index is 1.97. The predicted molar refractivity (Wildman–Crippen MR) is 114 cm³/mol. The number of phenols is 1. The molecule has 32 heavy (non-hydrogen) atoms. The second-order valence-electron chi connectivity index (χ2n) is 8.11. The zero-order valence-corrected chi connectivity index (χ0v) is 17.7. The Morgan fingerprint density at radius 3 is 2.41 bits per heavy atom. The van der Waals surface area contributed by atoms with Gasteiger partial charge in [0.25, 0.3) is 0 Å². The SMILES string of the molecule is COc1ccccc1-c1c(C(F)(F)F)oc2c(C[NH+]3CCCCCC3)c(O)ccc2c1=O. The lowest BCUT2D eigenvalue weighted by Gasteiger charge is -2.20. The zero-order valence-electron chi connectivity index (χ0n) is 17.7. The van der Waals surface area contributed by atoms with Gasteiger partial charge in [0.1, 0.15) is 18.0 Å². The largest absolute Gasteiger partial charge is 0.507 e. The molecule has 0 spiro atoms. The number of methoxy groups -OCH3 is 1. The molecule has 1 saturated heterocycles. The quantitative estimate of drug-likeness (QED) is 0.630. The third kappa shape index (κ3) is 4.19. The van der Waals surface area contributed by atoms with Crippen molar-refractivity contribution in [1.82, 2.24) is 0 Å². The Bertz CT molecular complexity index is 1180. The normalized spacial score (nSPS) is 15.6. The molecule has 1 fully saturated rings. The summed E-state index contributed by atoms with van der Waals surface area (Å²) < 4.78 is 52.9. The molecule has 1 aliphatic rings. The number of hydrogen-bond acceptors (Lipinski definition) is 4. The third-order valence-electron chi connectivity index (χ3n) is 6.01. The molecule has 0 amide bonds. The third-order valence-corrected chi connectivity index (χ3v) is 6.01. The molecule has 0 atom stereocenters. The van der Waals surface area contributed by atoms with Crippen LogP contribution in [0.4, 0.5) is 13.2 Å². The van der Waals surface area contributed by atoms with Crippen LogP contribution in [0.25, 0.3) is 22.1 Å². The van der Waals surface area contributed by atoms with Crippen LogP contribution < -0.4 is 15.1 Å². The molecule has 2 N–H and O–H groups in total. The van der Waals surface area contributed by atoms with Crippen molar-refractivity contribution in [2.24, 2.45) is 0 Å². The minimum absolute atomic E-state index is 0.000859. The van der Waals surface area contributed by atoms with Crippen molar-refractivity contribution >= 4 is 11.0 Å². The molecular weight excluding hydrogens is 423 g/mol. The van der Waals surface area contributed by atoms with Gasteiger partial charge >= 0.3 is 6.18 Å². The van der Waals surface area contributed by atoms with Crippen LogP contribution in [-0.4, -0.2) is 25.3 Å². The standard InChI is InChI=1S/C24H24F3NO4/c1-31-19-9-5-4-8-15(19)20-21(30)16-10-11-18(29)17(14-28-12-6-2-3-7-13-28)22(16)32-23(20)24(25,26)27/h4-5,8-11,29H,2-3,6-7,12-14H2,1H3/p+1. The maximum atomic E-state index is 14.1. The van der Waals surface area contributed by atoms with E-state index in [0.717, 1.165) is 43.7 Å². The average Bonchev–Trinajstić information content (AvgIpc) is 3.03. The van der Waals surface area contributed by atoms with Gasteiger partial charge in [0.2, 0.25) is 11.2 Å². The summed E-state index contributed by atoms with van der Waals surface area (Å²) in [6.45, 7) is 1.99. The summed E-state index contributed by atoms with van der Waals surface area (Å²) in [6.07, 6.45) is -0.671. The monoisotopic (exact) mass is 448 g/mol. The van der Waals surface area contributed by atoms with Crippen LogP contribution in [0, 0.1) is 0 Å². The van der Waals surface area contributed by atoms with Crippen molar-refractivity contribution in [2.45, 2.75) is 38.4 Å². The van der Waals surface area contributed by atoms with Gasteiger partial charge in [-0.25, -0.2) is 0 Å². The number of benzene rings is 2. The van der Waals surface area contributed by atoms with Gasteiger partial charge in [0.05, 0.1) is 36.7 Å². The first-order valence-corrected chi connectivity index (χ1v) is 10.7. The van der Waals surface area contributed by atoms with E-state index in [0.29, 0.717) is 0 Å². The highest BCUT2D eigenvalue weighted by atomic mass is 19.4. The van der Waals surface area contributed by atoms with Gasteiger partial charge < -0.3 is 19.2 Å². The fraction of sp³-hybridized carbons (Fsp3) is 0.375. The highest BCUT2D eigenvalue weighted by molar-refractivity contribution is 5.87. The number of halogens is 3. The summed E-state index contributed by atoms with van der Waals surface area (Å²) in [5.74, 6) is -1.43. The van der Waals surface area contributed by atoms with E-state index in [1.165, 1.54) is 37.4 Å². The molecule has 0 bridgehead atoms. The summed E-state index contributed by atoms with van der Waals surface area (Å²) in [7, 11) is 1.33. The van der Waals surface area contributed by atoms with Gasteiger partial charge in [0, 0.05) is 5.56 Å². The van der Waals surface area contributed by atoms with E-state index in [1.807, 2.05) is 0 Å². The van der Waals surface area contributed by atoms with Crippen molar-refractivity contribution in [3.63, 3.8) is 0 Å². The molecule has 0 saturated carbocycles. The van der Waals surface area contributed by atoms with Crippen LogP contribution in [0.15, 0.2) is 45.6 Å². The molecule has 5 nitrogen and oxygen atoms in total. The first kappa shape index (κ1) is 22.2. The molecule has 2 heterocycles. The summed E-state index contributed by atoms with van der Waals surface area (Å²) in [5, 5.41) is 10.5. The molecule has 2 aromatic carbocycles. The van der Waals surface area contributed by atoms with E-state index in [4.69, 9.17) is 9.15 Å². The lowest BCUT2D eigenvalue weighted by atomic mass is 9.99. The van der Waals surface area contributed by atoms with E-state index in [-0.39, 0.29) is 40.1 Å². The smallest absolute Gasteiger partial charge is 0.450 e. The second kappa shape index (κ2) is 8.86. The van der Waals surface area contributed by atoms with Gasteiger partial charge in [-0.3, -0.25) is 4.79 Å². The summed E-state index contributed by atoms with van der Waals surface area (Å²) in [6, 6.07) is 8.70. The zero-order chi connectivity index (χ0) is 22.9. The predicted octanol–water partition coefficient (Wildman–Crippen LogP) is 4.15. The summed E-state index contributed by atoms with van der Waals surface area (Å²) >= 11 is 0. The van der Waals surface area contributed by atoms with E-state index in [2.05, 4.69) is 0 Å². The molecular formula is C24H25F3NO4+. The molecule has 4 rings (SSSR count). The highest BCUT2D eigenvalue weighted by Crippen LogP contribution is 2.41. The minimum Gasteiger partial charge on any atom is -0.507 e. The first-order valence-electron chi connectivity index (χ1n) is 10.7. The number of phenolic OH excluding ortho intramolecular Hbond substituents is 1. The molecule has 0 unspecified atom stereocenters. The van der Waals surface area contributed by atoms with Gasteiger partial charge in [-0.2, -0.15) is 13.2 Å². The number of quaternary nitrogens is 1. The number of aromatic hydroxyl groups is 1. The van der Waals surface area contributed by atoms with E-state index in [9.17, 15) is 23.1 Å². The molecule has 0 aliphatic carbocycles. The van der Waals surface area contributed by atoms with Crippen molar-refractivity contribution in [3.8, 4) is 22.6 Å². The Morgan fingerprint density at radius 2 is 1.75 bits per heavy atom. The van der Waals surface area contributed by atoms with Crippen molar-refractivity contribution in [2.75, 3.05) is 20.2 Å². The fourth-order valence-electron chi connectivity index (χ4n) is 4.43. The van der Waals surface area contributed by atoms with Crippen molar-refractivity contribution in [3.05, 3.63) is 57.9 Å². The number of ether oxygens (including phenoxy) is 1. The summed E-state index contributed by atoms with van der Waals surface area (Å²) in [4.78, 5) is 14.5. The lowest BCUT2D eigenvalue weighted by molar-refractivity contribution is -0.913. The Morgan fingerprint density at radius 1 is 1.06 bits per heavy atom. The number of hydrogen-bond donors (Lipinski definition) is 2. The fourth-order valence-corrected chi connectivity index (χ4v) is 4.43. The molecule has 8 heteroatoms. The van der Waals surface area contributed by atoms with E-state index < -0.39 is 22.9 Å². The average molecular weight is 448 g/mol. The molecule has 0 radical (unpaired) electrons. The molecule has 1 aromatic heterocycles. The molecule has 170 valence electrons. The van der Waals surface area contributed by atoms with Crippen molar-refractivity contribution < 1.29 is 32.3 Å². The van der Waals surface area contributed by atoms with Crippen LogP contribution in [0.3, 0.4) is 0 Å². The van der Waals surface area contributed by atoms with Gasteiger partial charge in [0.15, 0.2) is 5.58 Å². The number of para-hydroxylation sites is 1. The number of fused-ring (bicyclic) bond motifs is 1. The second-order valence-corrected chi connectivity index (χ2v) is 8.11. The topological polar surface area (TPSA) is 64.1 Å². The van der Waals surface area contributed by atoms with Crippen molar-refractivity contribution in [1.29, 1.82) is 0 Å². The van der Waals surface area contributed by atoms with Crippen LogP contribution in [-0.2, 0) is 12.7 Å². The van der Waals surface area contributed by atoms with E-state index in [1.54, 1.807) is 6.07 Å². The number of alkyl halides is 3. The van der Waals surface area contributed by atoms with Gasteiger partial charge in [-0.05, 0) is 43.9 Å². The van der Waals surface area contributed by atoms with Crippen LogP contribution in [0.2, 0.25) is 0 Å². The number of nitrogens with one attached hydrogen (secondary N) is 1. The Hall–Kier alpha value is -3.00. The lowest BCUT2D eigenvalue weighted by Crippen LogP contribution is -3.10. The minimum atomic E-state index is -4.91. The Labute approximate surface area is 183 Å². The van der Waals surface area contributed by atoms with Crippen LogP contribution in [0.5, 0.6) is 11.5 Å². The van der Waals surface area contributed by atoms with Gasteiger partial charge in [-0.1, -0.05) is 18.2 Å². The number of likely N-dealkylation sites (tertiary alicyclic amines) is 1. The molecule has 3 aromatic rings. The molecule has 1 aliphatic heterocycles. The van der Waals surface area contributed by atoms with E-state index >= 15 is 0 Å². The first-order chi connectivity index (χ1) is 15.3.